The van der Waals surface area contributed by atoms with Crippen LogP contribution in [0.15, 0.2) is 53.1 Å². The average molecular weight is 369 g/mol. The highest BCUT2D eigenvalue weighted by atomic mass is 35.5. The first-order valence-electron chi connectivity index (χ1n) is 8.40. The van der Waals surface area contributed by atoms with Crippen molar-refractivity contribution in [2.24, 2.45) is 0 Å². The molecule has 0 radical (unpaired) electrons. The van der Waals surface area contributed by atoms with E-state index in [2.05, 4.69) is 31.2 Å². The van der Waals surface area contributed by atoms with Crippen molar-refractivity contribution in [2.75, 3.05) is 5.32 Å². The molecule has 1 heterocycles. The number of amides is 1. The highest BCUT2D eigenvalue weighted by molar-refractivity contribution is 6.33. The van der Waals surface area contributed by atoms with Gasteiger partial charge in [0.25, 0.3) is 5.91 Å². The second-order valence-corrected chi connectivity index (χ2v) is 7.63. The lowest BCUT2D eigenvalue weighted by Gasteiger charge is -2.19. The molecule has 0 unspecified atom stereocenters. The molecule has 0 bridgehead atoms. The maximum Gasteiger partial charge on any atom is 0.261 e. The predicted molar refractivity (Wildman–Crippen MR) is 105 cm³/mol. The minimum absolute atomic E-state index is 0.0604. The fraction of sp³-hybridized carbons (Fsp3) is 0.238. The third-order valence-corrected chi connectivity index (χ3v) is 4.56. The molecule has 5 heteroatoms. The van der Waals surface area contributed by atoms with E-state index in [1.54, 1.807) is 13.0 Å². The zero-order valence-corrected chi connectivity index (χ0v) is 16.0. The van der Waals surface area contributed by atoms with Crippen LogP contribution in [0, 0.1) is 6.92 Å². The van der Waals surface area contributed by atoms with E-state index in [0.29, 0.717) is 33.3 Å². The van der Waals surface area contributed by atoms with Crippen LogP contribution >= 0.6 is 11.6 Å². The number of aryl methyl sites for hydroxylation is 1. The van der Waals surface area contributed by atoms with E-state index in [-0.39, 0.29) is 11.3 Å². The molecule has 4 nitrogen and oxygen atoms in total. The molecular weight excluding hydrogens is 348 g/mol. The van der Waals surface area contributed by atoms with Crippen LogP contribution in [-0.2, 0) is 5.41 Å². The van der Waals surface area contributed by atoms with Crippen molar-refractivity contribution in [1.29, 1.82) is 0 Å². The summed E-state index contributed by atoms with van der Waals surface area (Å²) >= 11 is 6.25. The number of hydrogen-bond donors (Lipinski definition) is 1. The molecule has 0 atom stereocenters. The number of carbonyl (C=O) groups excluding carboxylic acids is 1. The molecule has 1 N–H and O–H groups in total. The summed E-state index contributed by atoms with van der Waals surface area (Å²) in [5, 5.41) is 7.46. The Morgan fingerprint density at radius 2 is 1.73 bits per heavy atom. The zero-order valence-electron chi connectivity index (χ0n) is 15.3. The van der Waals surface area contributed by atoms with E-state index >= 15 is 0 Å². The predicted octanol–water partition coefficient (Wildman–Crippen LogP) is 5.85. The van der Waals surface area contributed by atoms with Gasteiger partial charge in [-0.25, -0.2) is 0 Å². The lowest BCUT2D eigenvalue weighted by molar-refractivity contribution is 0.102. The maximum atomic E-state index is 12.8. The summed E-state index contributed by atoms with van der Waals surface area (Å²) in [5.74, 6) is 0.172. The first-order valence-corrected chi connectivity index (χ1v) is 8.78. The van der Waals surface area contributed by atoms with Crippen molar-refractivity contribution in [3.05, 3.63) is 70.4 Å². The summed E-state index contributed by atoms with van der Waals surface area (Å²) in [4.78, 5) is 12.8. The Labute approximate surface area is 158 Å². The van der Waals surface area contributed by atoms with Crippen molar-refractivity contribution < 1.29 is 9.32 Å². The fourth-order valence-corrected chi connectivity index (χ4v) is 2.95. The standard InChI is InChI=1S/C21H21ClN2O2/c1-13-18(19(24-26-13)16-7-5-6-8-17(16)22)20(25)23-15-11-9-14(10-12-15)21(2,3)4/h5-12H,1-4H3,(H,23,25). The first-order chi connectivity index (χ1) is 12.3. The Hall–Kier alpha value is -2.59. The van der Waals surface area contributed by atoms with Gasteiger partial charge in [0.15, 0.2) is 0 Å². The Morgan fingerprint density at radius 1 is 1.08 bits per heavy atom. The van der Waals surface area contributed by atoms with E-state index in [1.807, 2.05) is 42.5 Å². The van der Waals surface area contributed by atoms with E-state index in [0.717, 1.165) is 0 Å². The third-order valence-electron chi connectivity index (χ3n) is 4.23. The van der Waals surface area contributed by atoms with Crippen LogP contribution in [0.1, 0.15) is 42.5 Å². The molecule has 0 spiro atoms. The van der Waals surface area contributed by atoms with Crippen LogP contribution in [0.2, 0.25) is 5.02 Å². The number of rotatable bonds is 3. The van der Waals surface area contributed by atoms with Gasteiger partial charge < -0.3 is 9.84 Å². The Bertz CT molecular complexity index is 937. The van der Waals surface area contributed by atoms with Gasteiger partial charge >= 0.3 is 0 Å². The molecule has 0 saturated heterocycles. The van der Waals surface area contributed by atoms with Gasteiger partial charge in [-0.3, -0.25) is 4.79 Å². The SMILES string of the molecule is Cc1onc(-c2ccccc2Cl)c1C(=O)Nc1ccc(C(C)(C)C)cc1. The van der Waals surface area contributed by atoms with Crippen molar-refractivity contribution in [1.82, 2.24) is 5.16 Å². The number of halogens is 1. The van der Waals surface area contributed by atoms with Gasteiger partial charge in [0.1, 0.15) is 17.0 Å². The molecule has 2 aromatic carbocycles. The first kappa shape index (κ1) is 18.2. The largest absolute Gasteiger partial charge is 0.360 e. The van der Waals surface area contributed by atoms with Crippen LogP contribution in [0.25, 0.3) is 11.3 Å². The molecule has 0 aliphatic carbocycles. The van der Waals surface area contributed by atoms with Crippen LogP contribution in [-0.4, -0.2) is 11.1 Å². The summed E-state index contributed by atoms with van der Waals surface area (Å²) in [6.45, 7) is 8.16. The zero-order chi connectivity index (χ0) is 18.9. The van der Waals surface area contributed by atoms with Gasteiger partial charge in [-0.2, -0.15) is 0 Å². The lowest BCUT2D eigenvalue weighted by atomic mass is 9.87. The van der Waals surface area contributed by atoms with Crippen molar-refractivity contribution in [3.63, 3.8) is 0 Å². The number of hydrogen-bond acceptors (Lipinski definition) is 3. The topological polar surface area (TPSA) is 55.1 Å². The summed E-state index contributed by atoms with van der Waals surface area (Å²) in [5.41, 5.74) is 3.47. The van der Waals surface area contributed by atoms with E-state index in [9.17, 15) is 4.79 Å². The number of carbonyl (C=O) groups is 1. The molecule has 0 aliphatic heterocycles. The van der Waals surface area contributed by atoms with E-state index < -0.39 is 0 Å². The highest BCUT2D eigenvalue weighted by Gasteiger charge is 2.23. The summed E-state index contributed by atoms with van der Waals surface area (Å²) < 4.78 is 5.26. The smallest absolute Gasteiger partial charge is 0.261 e. The molecule has 0 aliphatic rings. The van der Waals surface area contributed by atoms with Gasteiger partial charge in [0.05, 0.1) is 5.02 Å². The summed E-state index contributed by atoms with van der Waals surface area (Å²) in [7, 11) is 0. The number of aromatic nitrogens is 1. The number of benzene rings is 2. The van der Waals surface area contributed by atoms with Crippen molar-refractivity contribution >= 4 is 23.2 Å². The molecular formula is C21H21ClN2O2. The number of nitrogens with zero attached hydrogens (tertiary/aromatic N) is 1. The molecule has 134 valence electrons. The van der Waals surface area contributed by atoms with Gasteiger partial charge in [0, 0.05) is 11.3 Å². The third kappa shape index (κ3) is 3.65. The molecule has 1 aromatic heterocycles. The Kier molecular flexibility index (Phi) is 4.88. The lowest BCUT2D eigenvalue weighted by Crippen LogP contribution is -2.14. The van der Waals surface area contributed by atoms with E-state index in [1.165, 1.54) is 5.56 Å². The molecule has 1 amide bonds. The summed E-state index contributed by atoms with van der Waals surface area (Å²) in [6, 6.07) is 15.1. The molecule has 0 saturated carbocycles. The van der Waals surface area contributed by atoms with Crippen LogP contribution in [0.5, 0.6) is 0 Å². The second kappa shape index (κ2) is 6.96. The molecule has 3 rings (SSSR count). The monoisotopic (exact) mass is 368 g/mol. The average Bonchev–Trinajstić information content (AvgIpc) is 2.96. The van der Waals surface area contributed by atoms with Gasteiger partial charge in [-0.05, 0) is 36.1 Å². The quantitative estimate of drug-likeness (QED) is 0.630. The molecule has 0 fully saturated rings. The second-order valence-electron chi connectivity index (χ2n) is 7.22. The summed E-state index contributed by atoms with van der Waals surface area (Å²) in [6.07, 6.45) is 0. The number of anilines is 1. The highest BCUT2D eigenvalue weighted by Crippen LogP contribution is 2.31. The van der Waals surface area contributed by atoms with Crippen molar-refractivity contribution in [3.8, 4) is 11.3 Å². The van der Waals surface area contributed by atoms with Crippen LogP contribution in [0.4, 0.5) is 5.69 Å². The van der Waals surface area contributed by atoms with Crippen LogP contribution < -0.4 is 5.32 Å². The Balaban J connectivity index is 1.90. The van der Waals surface area contributed by atoms with Gasteiger partial charge in [-0.15, -0.1) is 0 Å². The van der Waals surface area contributed by atoms with Gasteiger partial charge in [-0.1, -0.05) is 67.9 Å². The minimum atomic E-state index is -0.276. The van der Waals surface area contributed by atoms with E-state index in [4.69, 9.17) is 16.1 Å². The number of nitrogens with one attached hydrogen (secondary N) is 1. The van der Waals surface area contributed by atoms with Gasteiger partial charge in [0.2, 0.25) is 0 Å². The maximum absolute atomic E-state index is 12.8. The molecule has 26 heavy (non-hydrogen) atoms. The Morgan fingerprint density at radius 3 is 2.35 bits per heavy atom. The van der Waals surface area contributed by atoms with Crippen molar-refractivity contribution in [2.45, 2.75) is 33.1 Å². The molecule has 3 aromatic rings. The normalized spacial score (nSPS) is 11.4. The fourth-order valence-electron chi connectivity index (χ4n) is 2.72. The van der Waals surface area contributed by atoms with Crippen LogP contribution in [0.3, 0.4) is 0 Å². The minimum Gasteiger partial charge on any atom is -0.360 e.